The molecule has 4 heterocycles. The Balaban J connectivity index is 1.15. The summed E-state index contributed by atoms with van der Waals surface area (Å²) in [7, 11) is 1.67. The molecule has 4 aliphatic rings. The van der Waals surface area contributed by atoms with E-state index in [1.54, 1.807) is 7.11 Å². The second-order valence-corrected chi connectivity index (χ2v) is 11.4. The van der Waals surface area contributed by atoms with Gasteiger partial charge < -0.3 is 33.5 Å². The van der Waals surface area contributed by atoms with Crippen LogP contribution in [0.4, 0.5) is 0 Å². The summed E-state index contributed by atoms with van der Waals surface area (Å²) in [6, 6.07) is 8.00. The topological polar surface area (TPSA) is 75.6 Å². The van der Waals surface area contributed by atoms with E-state index < -0.39 is 11.4 Å². The van der Waals surface area contributed by atoms with Gasteiger partial charge in [0, 0.05) is 26.1 Å². The van der Waals surface area contributed by atoms with Crippen molar-refractivity contribution in [2.75, 3.05) is 26.9 Å². The molecule has 0 unspecified atom stereocenters. The van der Waals surface area contributed by atoms with E-state index >= 15 is 0 Å². The van der Waals surface area contributed by atoms with Gasteiger partial charge in [-0.2, -0.15) is 0 Å². The molecule has 7 heteroatoms. The molecule has 196 valence electrons. The van der Waals surface area contributed by atoms with Crippen LogP contribution in [0.1, 0.15) is 70.8 Å². The molecule has 35 heavy (non-hydrogen) atoms. The van der Waals surface area contributed by atoms with E-state index in [4.69, 9.17) is 28.4 Å². The maximum Gasteiger partial charge on any atom is 0.195 e. The smallest absolute Gasteiger partial charge is 0.195 e. The summed E-state index contributed by atoms with van der Waals surface area (Å²) in [5, 5.41) is 10.2. The van der Waals surface area contributed by atoms with E-state index in [9.17, 15) is 5.11 Å². The molecule has 4 saturated heterocycles. The molecule has 1 aromatic rings. The van der Waals surface area contributed by atoms with Crippen molar-refractivity contribution in [2.24, 2.45) is 5.92 Å². The number of aliphatic hydroxyl groups is 1. The number of aliphatic hydroxyl groups excluding tert-OH is 1. The van der Waals surface area contributed by atoms with Gasteiger partial charge in [-0.05, 0) is 69.1 Å². The predicted molar refractivity (Wildman–Crippen MR) is 130 cm³/mol. The fraction of sp³-hybridized carbons (Fsp3) is 0.786. The van der Waals surface area contributed by atoms with Crippen molar-refractivity contribution in [3.05, 3.63) is 29.8 Å². The van der Waals surface area contributed by atoms with Gasteiger partial charge >= 0.3 is 0 Å². The van der Waals surface area contributed by atoms with Gasteiger partial charge in [-0.1, -0.05) is 19.1 Å². The van der Waals surface area contributed by atoms with Crippen molar-refractivity contribution in [1.29, 1.82) is 0 Å². The van der Waals surface area contributed by atoms with Crippen LogP contribution in [0.3, 0.4) is 0 Å². The molecule has 0 radical (unpaired) electrons. The molecule has 0 spiro atoms. The van der Waals surface area contributed by atoms with Crippen molar-refractivity contribution in [2.45, 2.75) is 107 Å². The highest BCUT2D eigenvalue weighted by Gasteiger charge is 2.63. The molecular formula is C28H42O7. The zero-order valence-corrected chi connectivity index (χ0v) is 21.5. The first-order valence-corrected chi connectivity index (χ1v) is 13.4. The van der Waals surface area contributed by atoms with Crippen molar-refractivity contribution in [1.82, 2.24) is 0 Å². The summed E-state index contributed by atoms with van der Waals surface area (Å²) in [5.41, 5.74) is 0.373. The highest BCUT2D eigenvalue weighted by Crippen LogP contribution is 2.54. The van der Waals surface area contributed by atoms with Gasteiger partial charge in [0.2, 0.25) is 0 Å². The Bertz CT molecular complexity index is 840. The highest BCUT2D eigenvalue weighted by molar-refractivity contribution is 5.26. The van der Waals surface area contributed by atoms with Crippen LogP contribution in [-0.2, 0) is 30.3 Å². The summed E-state index contributed by atoms with van der Waals surface area (Å²) >= 11 is 0. The first kappa shape index (κ1) is 25.4. The second kappa shape index (κ2) is 10.3. The first-order valence-electron chi connectivity index (χ1n) is 13.4. The zero-order valence-electron chi connectivity index (χ0n) is 21.5. The molecule has 0 aromatic heterocycles. The number of fused-ring (bicyclic) bond motifs is 2. The van der Waals surface area contributed by atoms with Gasteiger partial charge in [0.15, 0.2) is 5.79 Å². The van der Waals surface area contributed by atoms with Gasteiger partial charge in [0.05, 0.1) is 43.7 Å². The quantitative estimate of drug-likeness (QED) is 0.522. The summed E-state index contributed by atoms with van der Waals surface area (Å²) < 4.78 is 37.1. The van der Waals surface area contributed by atoms with Crippen LogP contribution >= 0.6 is 0 Å². The SMILES string of the molecule is COc1ccc(COC[C@H](C)C[C@@]2(C)CC[C@H]([C@@]34CC[C@@](CO)(C[C@H]([C@@H]5CCCO5)O3)O4)O2)cc1. The number of methoxy groups -OCH3 is 1. The van der Waals surface area contributed by atoms with Crippen molar-refractivity contribution in [3.8, 4) is 5.75 Å². The third kappa shape index (κ3) is 5.41. The van der Waals surface area contributed by atoms with Crippen molar-refractivity contribution < 1.29 is 33.5 Å². The van der Waals surface area contributed by atoms with E-state index in [0.29, 0.717) is 25.6 Å². The van der Waals surface area contributed by atoms with Crippen LogP contribution in [0.15, 0.2) is 24.3 Å². The monoisotopic (exact) mass is 490 g/mol. The van der Waals surface area contributed by atoms with Crippen LogP contribution in [0, 0.1) is 5.92 Å². The van der Waals surface area contributed by atoms with E-state index in [2.05, 4.69) is 13.8 Å². The number of benzene rings is 1. The lowest BCUT2D eigenvalue weighted by Crippen LogP contribution is -2.58. The normalized spacial score (nSPS) is 39.7. The molecule has 2 bridgehead atoms. The molecule has 1 N–H and O–H groups in total. The minimum absolute atomic E-state index is 0.0217. The highest BCUT2D eigenvalue weighted by atomic mass is 16.8. The standard InChI is InChI=1S/C28H42O7/c1-20(17-31-18-21-6-8-22(30-3)9-7-21)15-26(2)11-10-25(34-26)28-13-12-27(19-29,35-28)16-24(33-28)23-5-4-14-32-23/h6-9,20,23-25,29H,4-5,10-19H2,1-3H3/t20-,23+,24-,25-,26-,27+,28+/m1/s1. The molecular weight excluding hydrogens is 448 g/mol. The van der Waals surface area contributed by atoms with E-state index in [1.165, 1.54) is 0 Å². The Labute approximate surface area is 209 Å². The van der Waals surface area contributed by atoms with E-state index in [1.807, 2.05) is 24.3 Å². The Morgan fingerprint density at radius 2 is 1.91 bits per heavy atom. The largest absolute Gasteiger partial charge is 0.497 e. The van der Waals surface area contributed by atoms with Gasteiger partial charge in [0.1, 0.15) is 11.9 Å². The first-order chi connectivity index (χ1) is 16.9. The fourth-order valence-corrected chi connectivity index (χ4v) is 6.60. The lowest BCUT2D eigenvalue weighted by Gasteiger charge is -2.47. The van der Waals surface area contributed by atoms with Gasteiger partial charge in [-0.3, -0.25) is 0 Å². The summed E-state index contributed by atoms with van der Waals surface area (Å²) in [6.07, 6.45) is 7.06. The molecule has 1 aromatic carbocycles. The maximum atomic E-state index is 10.2. The van der Waals surface area contributed by atoms with Crippen LogP contribution in [-0.4, -0.2) is 67.3 Å². The molecule has 5 rings (SSSR count). The molecule has 7 atom stereocenters. The van der Waals surface area contributed by atoms with Crippen LogP contribution in [0.25, 0.3) is 0 Å². The Morgan fingerprint density at radius 1 is 1.09 bits per heavy atom. The van der Waals surface area contributed by atoms with Gasteiger partial charge in [-0.15, -0.1) is 0 Å². The van der Waals surface area contributed by atoms with Gasteiger partial charge in [-0.25, -0.2) is 0 Å². The number of ether oxygens (including phenoxy) is 6. The Hall–Kier alpha value is -1.22. The average Bonchev–Trinajstić information content (AvgIpc) is 3.59. The minimum Gasteiger partial charge on any atom is -0.497 e. The van der Waals surface area contributed by atoms with Gasteiger partial charge in [0.25, 0.3) is 0 Å². The number of hydrogen-bond donors (Lipinski definition) is 1. The number of hydrogen-bond acceptors (Lipinski definition) is 7. The van der Waals surface area contributed by atoms with Crippen LogP contribution < -0.4 is 4.74 Å². The minimum atomic E-state index is -0.774. The molecule has 7 nitrogen and oxygen atoms in total. The fourth-order valence-electron chi connectivity index (χ4n) is 6.60. The second-order valence-electron chi connectivity index (χ2n) is 11.4. The molecule has 0 amide bonds. The summed E-state index contributed by atoms with van der Waals surface area (Å²) in [6.45, 7) is 6.52. The summed E-state index contributed by atoms with van der Waals surface area (Å²) in [4.78, 5) is 0. The third-order valence-electron chi connectivity index (χ3n) is 8.37. The summed E-state index contributed by atoms with van der Waals surface area (Å²) in [5.74, 6) is 0.445. The molecule has 4 aliphatic heterocycles. The van der Waals surface area contributed by atoms with E-state index in [0.717, 1.165) is 62.9 Å². The predicted octanol–water partition coefficient (Wildman–Crippen LogP) is 4.38. The van der Waals surface area contributed by atoms with Crippen molar-refractivity contribution in [3.63, 3.8) is 0 Å². The Morgan fingerprint density at radius 3 is 2.63 bits per heavy atom. The molecule has 0 saturated carbocycles. The number of rotatable bonds is 10. The Kier molecular flexibility index (Phi) is 7.46. The van der Waals surface area contributed by atoms with Crippen molar-refractivity contribution >= 4 is 0 Å². The lowest BCUT2D eigenvalue weighted by atomic mass is 9.90. The molecule has 4 fully saturated rings. The zero-order chi connectivity index (χ0) is 24.5. The molecule has 0 aliphatic carbocycles. The maximum absolute atomic E-state index is 10.2. The van der Waals surface area contributed by atoms with E-state index in [-0.39, 0.29) is 30.5 Å². The van der Waals surface area contributed by atoms with Crippen LogP contribution in [0.5, 0.6) is 5.75 Å². The lowest BCUT2D eigenvalue weighted by molar-refractivity contribution is -0.364. The average molecular weight is 491 g/mol. The van der Waals surface area contributed by atoms with Crippen LogP contribution in [0.2, 0.25) is 0 Å². The third-order valence-corrected chi connectivity index (χ3v) is 8.37.